The van der Waals surface area contributed by atoms with Crippen molar-refractivity contribution < 1.29 is 17.9 Å². The molecule has 0 radical (unpaired) electrons. The van der Waals surface area contributed by atoms with Crippen molar-refractivity contribution >= 4 is 55.6 Å². The van der Waals surface area contributed by atoms with Crippen molar-refractivity contribution in [1.29, 1.82) is 0 Å². The topological polar surface area (TPSA) is 114 Å². The number of ether oxygens (including phenoxy) is 1. The van der Waals surface area contributed by atoms with Gasteiger partial charge in [-0.1, -0.05) is 48.4 Å². The highest BCUT2D eigenvalue weighted by Gasteiger charge is 2.23. The molecule has 0 saturated carbocycles. The molecule has 12 heteroatoms. The lowest BCUT2D eigenvalue weighted by atomic mass is 10.0. The van der Waals surface area contributed by atoms with Crippen LogP contribution in [0.15, 0.2) is 58.8 Å². The summed E-state index contributed by atoms with van der Waals surface area (Å²) in [5.74, 6) is 0.693. The van der Waals surface area contributed by atoms with Crippen LogP contribution < -0.4 is 20.1 Å². The van der Waals surface area contributed by atoms with Crippen LogP contribution in [0.25, 0.3) is 10.9 Å². The van der Waals surface area contributed by atoms with Crippen molar-refractivity contribution in [2.24, 2.45) is 0 Å². The van der Waals surface area contributed by atoms with Gasteiger partial charge in [0.1, 0.15) is 9.96 Å². The number of carbonyl (C=O) groups excluding carboxylic acids is 1. The Hall–Kier alpha value is -3.12. The first kappa shape index (κ1) is 26.5. The first-order chi connectivity index (χ1) is 18.3. The van der Waals surface area contributed by atoms with Crippen molar-refractivity contribution in [3.63, 3.8) is 0 Å². The third-order valence-corrected chi connectivity index (χ3v) is 9.48. The zero-order valence-electron chi connectivity index (χ0n) is 20.7. The van der Waals surface area contributed by atoms with E-state index in [1.807, 2.05) is 36.4 Å². The second-order valence-electron chi connectivity index (χ2n) is 9.06. The average Bonchev–Trinajstić information content (AvgIpc) is 3.52. The van der Waals surface area contributed by atoms with E-state index in [9.17, 15) is 13.2 Å². The number of sulfonamides is 1. The number of amides is 1. The zero-order valence-corrected chi connectivity index (χ0v) is 23.1. The Morgan fingerprint density at radius 2 is 2.00 bits per heavy atom. The van der Waals surface area contributed by atoms with E-state index in [1.165, 1.54) is 13.2 Å². The summed E-state index contributed by atoms with van der Waals surface area (Å²) < 4.78 is 36.4. The second-order valence-corrected chi connectivity index (χ2v) is 12.7. The van der Waals surface area contributed by atoms with E-state index < -0.39 is 10.0 Å². The fraction of sp³-hybridized carbons (Fsp3) is 0.308. The van der Waals surface area contributed by atoms with Gasteiger partial charge in [-0.3, -0.25) is 14.2 Å². The Kier molecular flexibility index (Phi) is 7.89. The van der Waals surface area contributed by atoms with E-state index in [1.54, 1.807) is 16.8 Å². The lowest BCUT2D eigenvalue weighted by Crippen LogP contribution is -2.46. The van der Waals surface area contributed by atoms with Gasteiger partial charge < -0.3 is 15.4 Å². The standard InChI is InChI=1S/C26H28ClN5O4S2/c1-36-21-10-5-9-20-24(21)25(31-38(34,35)23-12-11-22(27)37-23)30-32(20)16-18-7-4-6-17(14-18)15-29-26(33)19-8-2-3-13-28-19/h4-7,9-12,14,19,28H,2-3,8,13,15-16H2,1H3,(H,29,33)(H,30,31)/t19-/m1/s1. The van der Waals surface area contributed by atoms with Gasteiger partial charge in [-0.15, -0.1) is 11.3 Å². The minimum atomic E-state index is -3.89. The van der Waals surface area contributed by atoms with Gasteiger partial charge in [-0.25, -0.2) is 8.42 Å². The van der Waals surface area contributed by atoms with Crippen molar-refractivity contribution in [2.45, 2.75) is 42.6 Å². The number of nitrogens with one attached hydrogen (secondary N) is 3. The van der Waals surface area contributed by atoms with E-state index in [0.29, 0.717) is 34.1 Å². The fourth-order valence-electron chi connectivity index (χ4n) is 4.58. The molecule has 2 aromatic carbocycles. The summed E-state index contributed by atoms with van der Waals surface area (Å²) in [6.45, 7) is 1.69. The van der Waals surface area contributed by atoms with Gasteiger partial charge >= 0.3 is 0 Å². The summed E-state index contributed by atoms with van der Waals surface area (Å²) in [7, 11) is -2.36. The van der Waals surface area contributed by atoms with Gasteiger partial charge in [0.15, 0.2) is 5.82 Å². The zero-order chi connectivity index (χ0) is 26.7. The fourth-order valence-corrected chi connectivity index (χ4v) is 7.07. The highest BCUT2D eigenvalue weighted by molar-refractivity contribution is 7.94. The molecular formula is C26H28ClN5O4S2. The summed E-state index contributed by atoms with van der Waals surface area (Å²) in [5, 5.41) is 11.5. The number of hydrogen-bond acceptors (Lipinski definition) is 7. The van der Waals surface area contributed by atoms with E-state index in [0.717, 1.165) is 48.3 Å². The Morgan fingerprint density at radius 3 is 2.74 bits per heavy atom. The minimum absolute atomic E-state index is 0.0178. The number of nitrogens with zero attached hydrogens (tertiary/aromatic N) is 2. The molecule has 4 aromatic rings. The van der Waals surface area contributed by atoms with E-state index in [-0.39, 0.29) is 22.0 Å². The number of piperidine rings is 1. The molecule has 3 heterocycles. The molecule has 5 rings (SSSR count). The summed E-state index contributed by atoms with van der Waals surface area (Å²) in [6.07, 6.45) is 3.01. The maximum absolute atomic E-state index is 13.0. The lowest BCUT2D eigenvalue weighted by Gasteiger charge is -2.22. The molecule has 1 atom stereocenters. The number of fused-ring (bicyclic) bond motifs is 1. The number of rotatable bonds is 9. The highest BCUT2D eigenvalue weighted by Crippen LogP contribution is 2.35. The number of hydrogen-bond donors (Lipinski definition) is 3. The van der Waals surface area contributed by atoms with Crippen molar-refractivity contribution in [2.75, 3.05) is 18.4 Å². The van der Waals surface area contributed by atoms with E-state index in [2.05, 4.69) is 20.5 Å². The van der Waals surface area contributed by atoms with Gasteiger partial charge in [0.25, 0.3) is 10.0 Å². The molecule has 0 unspecified atom stereocenters. The molecular weight excluding hydrogens is 546 g/mol. The van der Waals surface area contributed by atoms with Gasteiger partial charge in [0.2, 0.25) is 5.91 Å². The SMILES string of the molecule is COc1cccc2c1c(NS(=O)(=O)c1ccc(Cl)s1)nn2Cc1cccc(CNC(=O)[C@H]2CCCCN2)c1. The molecule has 9 nitrogen and oxygen atoms in total. The second kappa shape index (κ2) is 11.3. The third kappa shape index (κ3) is 5.80. The Labute approximate surface area is 230 Å². The lowest BCUT2D eigenvalue weighted by molar-refractivity contribution is -0.123. The summed E-state index contributed by atoms with van der Waals surface area (Å²) in [4.78, 5) is 12.5. The predicted molar refractivity (Wildman–Crippen MR) is 149 cm³/mol. The molecule has 2 aromatic heterocycles. The number of anilines is 1. The molecule has 0 aliphatic carbocycles. The van der Waals surface area contributed by atoms with Crippen LogP contribution in [0.5, 0.6) is 5.75 Å². The first-order valence-electron chi connectivity index (χ1n) is 12.2. The predicted octanol–water partition coefficient (Wildman–Crippen LogP) is 4.37. The van der Waals surface area contributed by atoms with E-state index >= 15 is 0 Å². The molecule has 0 bridgehead atoms. The van der Waals surface area contributed by atoms with Crippen LogP contribution in [0.4, 0.5) is 5.82 Å². The number of aromatic nitrogens is 2. The molecule has 3 N–H and O–H groups in total. The van der Waals surface area contributed by atoms with Gasteiger partial charge in [-0.2, -0.15) is 5.10 Å². The van der Waals surface area contributed by atoms with Crippen LogP contribution in [0, 0.1) is 0 Å². The highest BCUT2D eigenvalue weighted by atomic mass is 35.5. The maximum Gasteiger partial charge on any atom is 0.272 e. The molecule has 1 amide bonds. The summed E-state index contributed by atoms with van der Waals surface area (Å²) in [6, 6.07) is 16.2. The quantitative estimate of drug-likeness (QED) is 0.274. The molecule has 1 saturated heterocycles. The molecule has 1 fully saturated rings. The summed E-state index contributed by atoms with van der Waals surface area (Å²) >= 11 is 6.93. The van der Waals surface area contributed by atoms with Crippen LogP contribution in [0.2, 0.25) is 4.34 Å². The average molecular weight is 574 g/mol. The Balaban J connectivity index is 1.39. The van der Waals surface area contributed by atoms with Gasteiger partial charge in [-0.05, 0) is 54.8 Å². The smallest absolute Gasteiger partial charge is 0.272 e. The molecule has 1 aliphatic heterocycles. The number of carbonyl (C=O) groups is 1. The summed E-state index contributed by atoms with van der Waals surface area (Å²) in [5.41, 5.74) is 2.64. The van der Waals surface area contributed by atoms with Crippen LogP contribution >= 0.6 is 22.9 Å². The number of halogens is 1. The molecule has 0 spiro atoms. The first-order valence-corrected chi connectivity index (χ1v) is 14.9. The van der Waals surface area contributed by atoms with Crippen molar-refractivity contribution in [3.8, 4) is 5.75 Å². The van der Waals surface area contributed by atoms with Crippen molar-refractivity contribution in [1.82, 2.24) is 20.4 Å². The van der Waals surface area contributed by atoms with Crippen LogP contribution in [-0.4, -0.2) is 43.8 Å². The molecule has 38 heavy (non-hydrogen) atoms. The molecule has 1 aliphatic rings. The van der Waals surface area contributed by atoms with E-state index in [4.69, 9.17) is 16.3 Å². The number of methoxy groups -OCH3 is 1. The minimum Gasteiger partial charge on any atom is -0.496 e. The van der Waals surface area contributed by atoms with Gasteiger partial charge in [0, 0.05) is 6.54 Å². The Bertz CT molecular complexity index is 1560. The number of benzene rings is 2. The monoisotopic (exact) mass is 573 g/mol. The Morgan fingerprint density at radius 1 is 1.18 bits per heavy atom. The van der Waals surface area contributed by atoms with Crippen LogP contribution in [0.3, 0.4) is 0 Å². The third-order valence-electron chi connectivity index (χ3n) is 6.42. The number of thiophene rings is 1. The van der Waals surface area contributed by atoms with Crippen LogP contribution in [0.1, 0.15) is 30.4 Å². The molecule has 200 valence electrons. The largest absolute Gasteiger partial charge is 0.496 e. The maximum atomic E-state index is 13.0. The normalized spacial score (nSPS) is 15.9. The van der Waals surface area contributed by atoms with Gasteiger partial charge in [0.05, 0.1) is 34.9 Å². The van der Waals surface area contributed by atoms with Crippen LogP contribution in [-0.2, 0) is 27.9 Å². The van der Waals surface area contributed by atoms with Crippen molar-refractivity contribution in [3.05, 3.63) is 70.1 Å².